The summed E-state index contributed by atoms with van der Waals surface area (Å²) in [6.45, 7) is 1.91. The smallest absolute Gasteiger partial charge is 0.215 e. The molecule has 1 heterocycles. The number of hydrogen-bond acceptors (Lipinski definition) is 4. The van der Waals surface area contributed by atoms with E-state index in [9.17, 15) is 0 Å². The number of H-pyrrole nitrogens is 1. The van der Waals surface area contributed by atoms with Crippen molar-refractivity contribution in [2.24, 2.45) is 5.84 Å². The summed E-state index contributed by atoms with van der Waals surface area (Å²) in [5.74, 6) is 6.52. The maximum atomic E-state index is 5.98. The predicted octanol–water partition coefficient (Wildman–Crippen LogP) is 2.33. The van der Waals surface area contributed by atoms with Crippen molar-refractivity contribution in [3.8, 4) is 17.0 Å². The minimum Gasteiger partial charge on any atom is -0.496 e. The number of nitrogens with zero attached hydrogens (tertiary/aromatic N) is 1. The van der Waals surface area contributed by atoms with Gasteiger partial charge in [-0.05, 0) is 25.1 Å². The van der Waals surface area contributed by atoms with Gasteiger partial charge in [-0.1, -0.05) is 11.6 Å². The summed E-state index contributed by atoms with van der Waals surface area (Å²) < 4.78 is 5.29. The Kier molecular flexibility index (Phi) is 3.21. The number of ether oxygens (including phenoxy) is 1. The molecule has 2 aromatic rings. The molecule has 0 atom stereocenters. The first-order valence-electron chi connectivity index (χ1n) is 5.03. The molecule has 1 aromatic heterocycles. The van der Waals surface area contributed by atoms with Gasteiger partial charge >= 0.3 is 0 Å². The number of hydrogen-bond donors (Lipinski definition) is 3. The number of aromatic nitrogens is 2. The van der Waals surface area contributed by atoms with E-state index in [-0.39, 0.29) is 0 Å². The number of hydrazine groups is 1. The van der Waals surface area contributed by atoms with Gasteiger partial charge in [-0.15, -0.1) is 0 Å². The predicted molar refractivity (Wildman–Crippen MR) is 68.1 cm³/mol. The highest BCUT2D eigenvalue weighted by Crippen LogP contribution is 2.33. The van der Waals surface area contributed by atoms with Crippen LogP contribution in [-0.2, 0) is 0 Å². The van der Waals surface area contributed by atoms with Gasteiger partial charge in [0, 0.05) is 16.3 Å². The van der Waals surface area contributed by atoms with Gasteiger partial charge in [-0.2, -0.15) is 0 Å². The van der Waals surface area contributed by atoms with Gasteiger partial charge in [-0.3, -0.25) is 5.43 Å². The Balaban J connectivity index is 2.58. The molecular weight excluding hydrogens is 240 g/mol. The van der Waals surface area contributed by atoms with Gasteiger partial charge in [0.25, 0.3) is 0 Å². The Morgan fingerprint density at radius 2 is 2.24 bits per heavy atom. The van der Waals surface area contributed by atoms with E-state index in [0.29, 0.717) is 16.7 Å². The first-order chi connectivity index (χ1) is 8.15. The molecule has 0 saturated carbocycles. The third-order valence-electron chi connectivity index (χ3n) is 2.44. The Morgan fingerprint density at radius 3 is 2.82 bits per heavy atom. The van der Waals surface area contributed by atoms with Crippen LogP contribution in [0.2, 0.25) is 5.02 Å². The number of methoxy groups -OCH3 is 1. The van der Waals surface area contributed by atoms with Crippen molar-refractivity contribution in [1.29, 1.82) is 0 Å². The van der Waals surface area contributed by atoms with E-state index >= 15 is 0 Å². The van der Waals surface area contributed by atoms with Crippen molar-refractivity contribution < 1.29 is 4.74 Å². The molecule has 2 rings (SSSR count). The lowest BCUT2D eigenvalue weighted by Gasteiger charge is -2.07. The molecule has 0 radical (unpaired) electrons. The molecule has 0 fully saturated rings. The minimum absolute atomic E-state index is 0.500. The second-order valence-corrected chi connectivity index (χ2v) is 3.98. The third kappa shape index (κ3) is 2.20. The molecule has 0 aliphatic heterocycles. The summed E-state index contributed by atoms with van der Waals surface area (Å²) >= 11 is 5.98. The summed E-state index contributed by atoms with van der Waals surface area (Å²) in [5, 5.41) is 0.630. The lowest BCUT2D eigenvalue weighted by molar-refractivity contribution is 0.416. The number of nitrogens with one attached hydrogen (secondary N) is 2. The number of aryl methyl sites for hydroxylation is 1. The fourth-order valence-corrected chi connectivity index (χ4v) is 1.83. The summed E-state index contributed by atoms with van der Waals surface area (Å²) in [4.78, 5) is 7.34. The molecule has 0 amide bonds. The molecule has 0 unspecified atom stereocenters. The van der Waals surface area contributed by atoms with Crippen LogP contribution < -0.4 is 16.0 Å². The normalized spacial score (nSPS) is 10.4. The molecule has 0 bridgehead atoms. The topological polar surface area (TPSA) is 76.0 Å². The van der Waals surface area contributed by atoms with E-state index in [0.717, 1.165) is 17.0 Å². The van der Waals surface area contributed by atoms with E-state index < -0.39 is 0 Å². The van der Waals surface area contributed by atoms with Crippen LogP contribution in [0.5, 0.6) is 5.75 Å². The summed E-state index contributed by atoms with van der Waals surface area (Å²) in [5.41, 5.74) is 4.95. The first-order valence-corrected chi connectivity index (χ1v) is 5.40. The zero-order valence-electron chi connectivity index (χ0n) is 9.54. The molecule has 6 heteroatoms. The number of imidazole rings is 1. The summed E-state index contributed by atoms with van der Waals surface area (Å²) in [7, 11) is 1.61. The molecule has 0 aliphatic rings. The van der Waals surface area contributed by atoms with Crippen LogP contribution in [0.3, 0.4) is 0 Å². The Labute approximate surface area is 104 Å². The quantitative estimate of drug-likeness (QED) is 0.579. The minimum atomic E-state index is 0.500. The number of nitrogen functional groups attached to an aromatic ring is 1. The van der Waals surface area contributed by atoms with E-state index in [1.165, 1.54) is 0 Å². The average Bonchev–Trinajstić information content (AvgIpc) is 2.70. The second-order valence-electron chi connectivity index (χ2n) is 3.55. The van der Waals surface area contributed by atoms with Crippen molar-refractivity contribution in [2.45, 2.75) is 6.92 Å². The lowest BCUT2D eigenvalue weighted by atomic mass is 10.1. The van der Waals surface area contributed by atoms with Gasteiger partial charge in [0.05, 0.1) is 12.8 Å². The molecule has 90 valence electrons. The SMILES string of the molecule is COc1ccc(Cl)cc1-c1nc(NN)[nH]c1C. The maximum Gasteiger partial charge on any atom is 0.215 e. The Bertz CT molecular complexity index is 538. The number of halogens is 1. The van der Waals surface area contributed by atoms with Crippen LogP contribution in [0.25, 0.3) is 11.3 Å². The molecular formula is C11H13ClN4O. The van der Waals surface area contributed by atoms with E-state index in [4.69, 9.17) is 22.2 Å². The largest absolute Gasteiger partial charge is 0.496 e. The Morgan fingerprint density at radius 1 is 1.47 bits per heavy atom. The standard InChI is InChI=1S/C11H13ClN4O/c1-6-10(15-11(14-6)16-13)8-5-7(12)3-4-9(8)17-2/h3-5H,13H2,1-2H3,(H2,14,15,16). The number of nitrogens with two attached hydrogens (primary N) is 1. The van der Waals surface area contributed by atoms with Crippen molar-refractivity contribution in [1.82, 2.24) is 9.97 Å². The molecule has 4 N–H and O–H groups in total. The number of benzene rings is 1. The first kappa shape index (κ1) is 11.8. The van der Waals surface area contributed by atoms with E-state index in [1.54, 1.807) is 19.2 Å². The monoisotopic (exact) mass is 252 g/mol. The van der Waals surface area contributed by atoms with Gasteiger partial charge in [0.1, 0.15) is 5.75 Å². The molecule has 0 saturated heterocycles. The zero-order valence-corrected chi connectivity index (χ0v) is 10.3. The number of rotatable bonds is 3. The fourth-order valence-electron chi connectivity index (χ4n) is 1.66. The number of anilines is 1. The van der Waals surface area contributed by atoms with Gasteiger partial charge in [-0.25, -0.2) is 10.8 Å². The lowest BCUT2D eigenvalue weighted by Crippen LogP contribution is -2.07. The van der Waals surface area contributed by atoms with Crippen LogP contribution in [0.15, 0.2) is 18.2 Å². The zero-order chi connectivity index (χ0) is 12.4. The molecule has 1 aromatic carbocycles. The highest BCUT2D eigenvalue weighted by Gasteiger charge is 2.13. The van der Waals surface area contributed by atoms with E-state index in [1.807, 2.05) is 13.0 Å². The summed E-state index contributed by atoms with van der Waals surface area (Å²) in [6.07, 6.45) is 0. The van der Waals surface area contributed by atoms with Crippen molar-refractivity contribution in [2.75, 3.05) is 12.5 Å². The second kappa shape index (κ2) is 4.65. The average molecular weight is 253 g/mol. The molecule has 0 aliphatic carbocycles. The molecule has 17 heavy (non-hydrogen) atoms. The highest BCUT2D eigenvalue weighted by atomic mass is 35.5. The van der Waals surface area contributed by atoms with Gasteiger partial charge in [0.15, 0.2) is 0 Å². The van der Waals surface area contributed by atoms with Crippen LogP contribution in [-0.4, -0.2) is 17.1 Å². The molecule has 5 nitrogen and oxygen atoms in total. The highest BCUT2D eigenvalue weighted by molar-refractivity contribution is 6.31. The third-order valence-corrected chi connectivity index (χ3v) is 2.67. The maximum absolute atomic E-state index is 5.98. The van der Waals surface area contributed by atoms with Crippen molar-refractivity contribution in [3.63, 3.8) is 0 Å². The van der Waals surface area contributed by atoms with Crippen LogP contribution in [0, 0.1) is 6.92 Å². The van der Waals surface area contributed by atoms with E-state index in [2.05, 4.69) is 15.4 Å². The van der Waals surface area contributed by atoms with Crippen molar-refractivity contribution in [3.05, 3.63) is 28.9 Å². The van der Waals surface area contributed by atoms with Crippen LogP contribution >= 0.6 is 11.6 Å². The van der Waals surface area contributed by atoms with Crippen molar-refractivity contribution >= 4 is 17.5 Å². The fraction of sp³-hybridized carbons (Fsp3) is 0.182. The Hall–Kier alpha value is -1.72. The summed E-state index contributed by atoms with van der Waals surface area (Å²) in [6, 6.07) is 5.39. The van der Waals surface area contributed by atoms with Gasteiger partial charge in [0.2, 0.25) is 5.95 Å². The van der Waals surface area contributed by atoms with Crippen LogP contribution in [0.4, 0.5) is 5.95 Å². The number of aromatic amines is 1. The molecule has 0 spiro atoms. The van der Waals surface area contributed by atoms with Gasteiger partial charge < -0.3 is 9.72 Å². The van der Waals surface area contributed by atoms with Crippen LogP contribution in [0.1, 0.15) is 5.69 Å².